The number of nitro groups is 1. The molecule has 5 aromatic rings. The Kier molecular flexibility index (Phi) is 9.42. The Bertz CT molecular complexity index is 2250. The number of aromatic nitrogens is 1. The maximum atomic E-state index is 14.1. The number of thiazole rings is 1. The summed E-state index contributed by atoms with van der Waals surface area (Å²) in [7, 11) is 1.54. The zero-order valence-electron chi connectivity index (χ0n) is 26.0. The summed E-state index contributed by atoms with van der Waals surface area (Å²) in [5.74, 6) is 0.964. The van der Waals surface area contributed by atoms with Crippen LogP contribution in [0.5, 0.6) is 11.5 Å². The summed E-state index contributed by atoms with van der Waals surface area (Å²) in [6.45, 7) is 3.82. The first-order chi connectivity index (χ1) is 23.2. The Labute approximate surface area is 286 Å². The van der Waals surface area contributed by atoms with E-state index < -0.39 is 22.5 Å². The predicted molar refractivity (Wildman–Crippen MR) is 183 cm³/mol. The summed E-state index contributed by atoms with van der Waals surface area (Å²) < 4.78 is 25.7. The lowest BCUT2D eigenvalue weighted by Crippen LogP contribution is -2.39. The molecular weight excluding hydrogens is 702 g/mol. The highest BCUT2D eigenvalue weighted by Crippen LogP contribution is 2.38. The van der Waals surface area contributed by atoms with Gasteiger partial charge in [0.1, 0.15) is 24.2 Å². The van der Waals surface area contributed by atoms with Gasteiger partial charge in [-0.1, -0.05) is 53.8 Å². The molecule has 0 saturated carbocycles. The molecule has 11 nitrogen and oxygen atoms in total. The van der Waals surface area contributed by atoms with E-state index in [-0.39, 0.29) is 23.6 Å². The van der Waals surface area contributed by atoms with Crippen molar-refractivity contribution in [3.05, 3.63) is 141 Å². The molecule has 0 saturated heterocycles. The van der Waals surface area contributed by atoms with E-state index in [1.165, 1.54) is 16.7 Å². The number of fused-ring (bicyclic) bond motifs is 1. The van der Waals surface area contributed by atoms with Gasteiger partial charge in [-0.25, -0.2) is 9.79 Å². The summed E-state index contributed by atoms with van der Waals surface area (Å²) in [6.07, 6.45) is 1.72. The van der Waals surface area contributed by atoms with Crippen molar-refractivity contribution in [3.63, 3.8) is 0 Å². The van der Waals surface area contributed by atoms with E-state index in [1.807, 2.05) is 36.4 Å². The Morgan fingerprint density at radius 2 is 1.92 bits per heavy atom. The number of non-ortho nitro benzene ring substituents is 1. The number of esters is 1. The standard InChI is InChI=1S/C35H28BrN3O8S/c1-4-45-34(41)30-20(2)37-35-38(31(30)27-14-13-26(47-27)23-11-8-12-24(18-23)39(42)43)33(40)29(48-35)17-22-15-25(36)32(28(16-22)44-3)46-19-21-9-6-5-7-10-21/h5-18,31H,4,19H2,1-3H3/b29-17-/t31-/m1/s1. The Morgan fingerprint density at radius 3 is 2.65 bits per heavy atom. The molecular formula is C35H28BrN3O8S. The normalized spacial score (nSPS) is 14.3. The number of halogens is 1. The summed E-state index contributed by atoms with van der Waals surface area (Å²) in [4.78, 5) is 43.3. The van der Waals surface area contributed by atoms with Crippen LogP contribution in [0.1, 0.15) is 36.8 Å². The second-order valence-electron chi connectivity index (χ2n) is 10.6. The molecule has 2 aromatic heterocycles. The zero-order valence-corrected chi connectivity index (χ0v) is 28.4. The van der Waals surface area contributed by atoms with Crippen LogP contribution in [0.3, 0.4) is 0 Å². The van der Waals surface area contributed by atoms with E-state index in [9.17, 15) is 19.7 Å². The van der Waals surface area contributed by atoms with E-state index in [0.717, 1.165) is 16.9 Å². The van der Waals surface area contributed by atoms with Crippen LogP contribution in [0, 0.1) is 10.1 Å². The predicted octanol–water partition coefficient (Wildman–Crippen LogP) is 6.32. The van der Waals surface area contributed by atoms with Crippen LogP contribution in [0.2, 0.25) is 0 Å². The average Bonchev–Trinajstić information content (AvgIpc) is 3.68. The first-order valence-corrected chi connectivity index (χ1v) is 16.4. The number of ether oxygens (including phenoxy) is 3. The molecule has 244 valence electrons. The number of nitrogens with zero attached hydrogens (tertiary/aromatic N) is 3. The van der Waals surface area contributed by atoms with Gasteiger partial charge in [-0.05, 0) is 71.2 Å². The fraction of sp³-hybridized carbons (Fsp3) is 0.171. The maximum absolute atomic E-state index is 14.1. The summed E-state index contributed by atoms with van der Waals surface area (Å²) in [5.41, 5.74) is 2.17. The monoisotopic (exact) mass is 729 g/mol. The molecule has 3 aromatic carbocycles. The molecule has 0 amide bonds. The fourth-order valence-electron chi connectivity index (χ4n) is 5.33. The van der Waals surface area contributed by atoms with Crippen LogP contribution in [0.4, 0.5) is 5.69 Å². The minimum absolute atomic E-state index is 0.0968. The minimum atomic E-state index is -0.995. The number of carbonyl (C=O) groups is 1. The number of nitro benzene ring substituents is 1. The van der Waals surface area contributed by atoms with Gasteiger partial charge in [0.15, 0.2) is 16.3 Å². The third-order valence-electron chi connectivity index (χ3n) is 7.53. The van der Waals surface area contributed by atoms with Crippen LogP contribution >= 0.6 is 27.3 Å². The summed E-state index contributed by atoms with van der Waals surface area (Å²) in [6, 6.07) is 21.7. The number of hydrogen-bond donors (Lipinski definition) is 0. The topological polar surface area (TPSA) is 135 Å². The first kappa shape index (κ1) is 32.7. The molecule has 1 aliphatic heterocycles. The van der Waals surface area contributed by atoms with Crippen molar-refractivity contribution < 1.29 is 28.3 Å². The van der Waals surface area contributed by atoms with Crippen LogP contribution in [0.25, 0.3) is 17.4 Å². The van der Waals surface area contributed by atoms with Crippen LogP contribution < -0.4 is 24.4 Å². The van der Waals surface area contributed by atoms with Gasteiger partial charge in [0, 0.05) is 17.7 Å². The molecule has 0 spiro atoms. The molecule has 0 aliphatic carbocycles. The Balaban J connectivity index is 1.42. The molecule has 0 N–H and O–H groups in total. The highest BCUT2D eigenvalue weighted by atomic mass is 79.9. The quantitative estimate of drug-likeness (QED) is 0.0927. The number of benzene rings is 3. The molecule has 0 radical (unpaired) electrons. The first-order valence-electron chi connectivity index (χ1n) is 14.8. The molecule has 3 heterocycles. The average molecular weight is 731 g/mol. The third kappa shape index (κ3) is 6.46. The highest BCUT2D eigenvalue weighted by Gasteiger charge is 2.35. The molecule has 0 bridgehead atoms. The van der Waals surface area contributed by atoms with Crippen LogP contribution in [-0.4, -0.2) is 29.2 Å². The lowest BCUT2D eigenvalue weighted by atomic mass is 10.0. The van der Waals surface area contributed by atoms with E-state index in [2.05, 4.69) is 20.9 Å². The SMILES string of the molecule is CCOC(=O)C1=C(C)N=c2s/c(=C\c3cc(Br)c(OCc4ccccc4)c(OC)c3)c(=O)n2[C@@H]1c1ccc(-c2cccc([N+](=O)[O-])c2)o1. The highest BCUT2D eigenvalue weighted by molar-refractivity contribution is 9.10. The van der Waals surface area contributed by atoms with E-state index in [0.29, 0.717) is 54.5 Å². The van der Waals surface area contributed by atoms with E-state index >= 15 is 0 Å². The van der Waals surface area contributed by atoms with Crippen LogP contribution in [-0.2, 0) is 16.1 Å². The van der Waals surface area contributed by atoms with Gasteiger partial charge >= 0.3 is 5.97 Å². The number of methoxy groups -OCH3 is 1. The van der Waals surface area contributed by atoms with Crippen molar-refractivity contribution in [2.45, 2.75) is 26.5 Å². The molecule has 1 atom stereocenters. The van der Waals surface area contributed by atoms with Crippen molar-refractivity contribution in [1.82, 2.24) is 4.57 Å². The van der Waals surface area contributed by atoms with E-state index in [4.69, 9.17) is 18.6 Å². The Hall–Kier alpha value is -5.27. The minimum Gasteiger partial charge on any atom is -0.493 e. The second kappa shape index (κ2) is 13.8. The van der Waals surface area contributed by atoms with Crippen molar-refractivity contribution >= 4 is 45.0 Å². The number of carbonyl (C=O) groups excluding carboxylic acids is 1. The summed E-state index contributed by atoms with van der Waals surface area (Å²) >= 11 is 4.75. The van der Waals surface area contributed by atoms with Gasteiger partial charge in [-0.3, -0.25) is 19.5 Å². The van der Waals surface area contributed by atoms with Crippen molar-refractivity contribution in [2.75, 3.05) is 13.7 Å². The lowest BCUT2D eigenvalue weighted by molar-refractivity contribution is -0.384. The number of furan rings is 1. The number of hydrogen-bond acceptors (Lipinski definition) is 10. The molecule has 13 heteroatoms. The molecule has 1 aliphatic rings. The molecule has 6 rings (SSSR count). The van der Waals surface area contributed by atoms with Gasteiger partial charge in [-0.2, -0.15) is 0 Å². The van der Waals surface area contributed by atoms with Crippen molar-refractivity contribution in [1.29, 1.82) is 0 Å². The van der Waals surface area contributed by atoms with Gasteiger partial charge in [0.05, 0.1) is 38.9 Å². The zero-order chi connectivity index (χ0) is 33.9. The number of allylic oxidation sites excluding steroid dienone is 1. The molecule has 0 fully saturated rings. The fourth-order valence-corrected chi connectivity index (χ4v) is 6.95. The van der Waals surface area contributed by atoms with Gasteiger partial charge in [-0.15, -0.1) is 0 Å². The van der Waals surface area contributed by atoms with Gasteiger partial charge < -0.3 is 18.6 Å². The summed E-state index contributed by atoms with van der Waals surface area (Å²) in [5, 5.41) is 11.4. The van der Waals surface area contributed by atoms with Crippen molar-refractivity contribution in [2.24, 2.45) is 4.99 Å². The number of rotatable bonds is 10. The van der Waals surface area contributed by atoms with Gasteiger partial charge in [0.2, 0.25) is 0 Å². The van der Waals surface area contributed by atoms with Gasteiger partial charge in [0.25, 0.3) is 11.2 Å². The second-order valence-corrected chi connectivity index (χ2v) is 12.5. The van der Waals surface area contributed by atoms with E-state index in [1.54, 1.807) is 57.4 Å². The smallest absolute Gasteiger partial charge is 0.338 e. The maximum Gasteiger partial charge on any atom is 0.338 e. The molecule has 0 unspecified atom stereocenters. The van der Waals surface area contributed by atoms with Crippen molar-refractivity contribution in [3.8, 4) is 22.8 Å². The Morgan fingerprint density at radius 1 is 1.12 bits per heavy atom. The largest absolute Gasteiger partial charge is 0.493 e. The lowest BCUT2D eigenvalue weighted by Gasteiger charge is -2.22. The van der Waals surface area contributed by atoms with Crippen LogP contribution in [0.15, 0.2) is 109 Å². The molecule has 48 heavy (non-hydrogen) atoms. The third-order valence-corrected chi connectivity index (χ3v) is 9.10.